The minimum atomic E-state index is -1.11. The molecule has 0 spiro atoms. The second-order valence-corrected chi connectivity index (χ2v) is 6.84. The van der Waals surface area contributed by atoms with Crippen LogP contribution in [0.4, 0.5) is 0 Å². The van der Waals surface area contributed by atoms with E-state index in [0.29, 0.717) is 5.57 Å². The minimum Gasteiger partial charge on any atom is -0.550 e. The lowest BCUT2D eigenvalue weighted by Gasteiger charge is -2.06. The molecule has 0 unspecified atom stereocenters. The number of para-hydroxylation sites is 1. The van der Waals surface area contributed by atoms with Crippen LogP contribution in [0, 0.1) is 0 Å². The van der Waals surface area contributed by atoms with E-state index < -0.39 is 5.97 Å². The molecule has 0 radical (unpaired) electrons. The summed E-state index contributed by atoms with van der Waals surface area (Å²) >= 11 is 1.50. The van der Waals surface area contributed by atoms with E-state index in [1.807, 2.05) is 60.7 Å². The fraction of sp³-hybridized carbons (Fsp3) is 0.0476. The average Bonchev–Trinajstić information content (AvgIpc) is 3.05. The van der Waals surface area contributed by atoms with Gasteiger partial charge in [0.2, 0.25) is 0 Å². The lowest BCUT2D eigenvalue weighted by molar-refractivity contribution is -0.304. The molecule has 4 rings (SSSR count). The van der Waals surface area contributed by atoms with Gasteiger partial charge in [0.15, 0.2) is 0 Å². The maximum Gasteiger partial charge on any atom is 0.120 e. The van der Waals surface area contributed by atoms with Crippen LogP contribution in [-0.2, 0) is 4.79 Å². The first-order valence-electron chi connectivity index (χ1n) is 7.94. The highest BCUT2D eigenvalue weighted by molar-refractivity contribution is 7.19. The third-order valence-corrected chi connectivity index (χ3v) is 5.13. The number of benzene rings is 3. The van der Waals surface area contributed by atoms with E-state index in [0.717, 1.165) is 31.6 Å². The normalized spacial score (nSPS) is 11.9. The van der Waals surface area contributed by atoms with E-state index in [2.05, 4.69) is 17.1 Å². The minimum absolute atomic E-state index is 0.160. The molecular formula is C21H14NO2S-. The molecular weight excluding hydrogens is 330 g/mol. The Morgan fingerprint density at radius 2 is 1.76 bits per heavy atom. The van der Waals surface area contributed by atoms with Crippen molar-refractivity contribution < 1.29 is 9.90 Å². The molecule has 1 aromatic heterocycles. The highest BCUT2D eigenvalue weighted by atomic mass is 32.1. The van der Waals surface area contributed by atoms with Gasteiger partial charge in [-0.15, -0.1) is 11.3 Å². The second-order valence-electron chi connectivity index (χ2n) is 5.81. The smallest absolute Gasteiger partial charge is 0.120 e. The van der Waals surface area contributed by atoms with Gasteiger partial charge in [0.05, 0.1) is 10.2 Å². The van der Waals surface area contributed by atoms with Crippen LogP contribution in [-0.4, -0.2) is 11.0 Å². The Morgan fingerprint density at radius 3 is 2.56 bits per heavy atom. The molecule has 0 bridgehead atoms. The number of hydrogen-bond acceptors (Lipinski definition) is 4. The van der Waals surface area contributed by atoms with Crippen LogP contribution in [0.1, 0.15) is 17.0 Å². The monoisotopic (exact) mass is 344 g/mol. The molecule has 0 aliphatic rings. The zero-order valence-corrected chi connectivity index (χ0v) is 14.1. The maximum atomic E-state index is 11.2. The van der Waals surface area contributed by atoms with Crippen LogP contribution in [0.15, 0.2) is 66.7 Å². The molecule has 0 fully saturated rings. The number of aromatic nitrogens is 1. The number of carbonyl (C=O) groups excluding carboxylic acids is 1. The first-order valence-corrected chi connectivity index (χ1v) is 8.76. The lowest BCUT2D eigenvalue weighted by atomic mass is 10.0. The van der Waals surface area contributed by atoms with Crippen molar-refractivity contribution in [3.8, 4) is 0 Å². The number of aliphatic carboxylic acids is 1. The van der Waals surface area contributed by atoms with Gasteiger partial charge in [-0.25, -0.2) is 4.98 Å². The van der Waals surface area contributed by atoms with Crippen LogP contribution >= 0.6 is 11.3 Å². The number of carboxylic acids is 1. The SMILES string of the molecule is O=C([O-])C/C(=C\c1ccc2ccccc2c1)c1nc2ccccc2s1. The number of rotatable bonds is 4. The third kappa shape index (κ3) is 3.30. The predicted octanol–water partition coefficient (Wildman–Crippen LogP) is 4.13. The molecule has 0 aliphatic carbocycles. The van der Waals surface area contributed by atoms with E-state index in [9.17, 15) is 9.90 Å². The molecule has 0 amide bonds. The van der Waals surface area contributed by atoms with Gasteiger partial charge in [-0.3, -0.25) is 0 Å². The molecule has 3 nitrogen and oxygen atoms in total. The third-order valence-electron chi connectivity index (χ3n) is 4.02. The summed E-state index contributed by atoms with van der Waals surface area (Å²) in [6.45, 7) is 0. The number of thiazole rings is 1. The number of fused-ring (bicyclic) bond motifs is 2. The molecule has 0 aliphatic heterocycles. The van der Waals surface area contributed by atoms with Crippen molar-refractivity contribution in [2.45, 2.75) is 6.42 Å². The molecule has 4 heteroatoms. The number of hydrogen-bond donors (Lipinski definition) is 0. The Bertz CT molecular complexity index is 1080. The summed E-state index contributed by atoms with van der Waals surface area (Å²) < 4.78 is 1.04. The Kier molecular flexibility index (Phi) is 4.04. The topological polar surface area (TPSA) is 53.0 Å². The summed E-state index contributed by atoms with van der Waals surface area (Å²) in [5.74, 6) is -1.11. The fourth-order valence-corrected chi connectivity index (χ4v) is 3.83. The highest BCUT2D eigenvalue weighted by Crippen LogP contribution is 2.30. The van der Waals surface area contributed by atoms with Gasteiger partial charge < -0.3 is 9.90 Å². The summed E-state index contributed by atoms with van der Waals surface area (Å²) in [5.41, 5.74) is 2.50. The molecule has 122 valence electrons. The first-order chi connectivity index (χ1) is 12.2. The summed E-state index contributed by atoms with van der Waals surface area (Å²) in [6, 6.07) is 22.0. The summed E-state index contributed by atoms with van der Waals surface area (Å²) in [4.78, 5) is 15.8. The van der Waals surface area contributed by atoms with Crippen LogP contribution in [0.25, 0.3) is 32.6 Å². The predicted molar refractivity (Wildman–Crippen MR) is 101 cm³/mol. The molecule has 4 aromatic rings. The second kappa shape index (κ2) is 6.49. The lowest BCUT2D eigenvalue weighted by Crippen LogP contribution is -2.22. The highest BCUT2D eigenvalue weighted by Gasteiger charge is 2.10. The van der Waals surface area contributed by atoms with E-state index in [-0.39, 0.29) is 6.42 Å². The number of nitrogens with zero attached hydrogens (tertiary/aromatic N) is 1. The van der Waals surface area contributed by atoms with Crippen molar-refractivity contribution in [3.63, 3.8) is 0 Å². The van der Waals surface area contributed by atoms with Crippen LogP contribution < -0.4 is 5.11 Å². The van der Waals surface area contributed by atoms with Crippen LogP contribution in [0.5, 0.6) is 0 Å². The van der Waals surface area contributed by atoms with E-state index in [1.165, 1.54) is 11.3 Å². The van der Waals surface area contributed by atoms with Gasteiger partial charge in [0.1, 0.15) is 5.01 Å². The van der Waals surface area contributed by atoms with Crippen molar-refractivity contribution in [2.75, 3.05) is 0 Å². The summed E-state index contributed by atoms with van der Waals surface area (Å²) in [7, 11) is 0. The molecule has 3 aromatic carbocycles. The molecule has 0 N–H and O–H groups in total. The Hall–Kier alpha value is -2.98. The van der Waals surface area contributed by atoms with Gasteiger partial charge in [0, 0.05) is 12.4 Å². The number of carboxylic acid groups (broad SMARTS) is 1. The standard InChI is InChI=1S/C21H15NO2S/c23-20(24)13-17(21-22-18-7-3-4-8-19(18)25-21)12-14-9-10-15-5-1-2-6-16(15)11-14/h1-12H,13H2,(H,23,24)/p-1/b17-12+. The molecule has 0 saturated heterocycles. The molecule has 1 heterocycles. The first kappa shape index (κ1) is 15.5. The van der Waals surface area contributed by atoms with E-state index in [1.54, 1.807) is 0 Å². The van der Waals surface area contributed by atoms with Gasteiger partial charge in [0.25, 0.3) is 0 Å². The quantitative estimate of drug-likeness (QED) is 0.559. The summed E-state index contributed by atoms with van der Waals surface area (Å²) in [6.07, 6.45) is 1.73. The van der Waals surface area contributed by atoms with Gasteiger partial charge in [-0.1, -0.05) is 48.5 Å². The van der Waals surface area contributed by atoms with Gasteiger partial charge in [-0.05, 0) is 46.2 Å². The van der Waals surface area contributed by atoms with Crippen molar-refractivity contribution in [2.24, 2.45) is 0 Å². The van der Waals surface area contributed by atoms with Gasteiger partial charge >= 0.3 is 0 Å². The van der Waals surface area contributed by atoms with E-state index in [4.69, 9.17) is 0 Å². The largest absolute Gasteiger partial charge is 0.550 e. The zero-order valence-electron chi connectivity index (χ0n) is 13.3. The molecule has 0 saturated carbocycles. The van der Waals surface area contributed by atoms with Crippen molar-refractivity contribution in [3.05, 3.63) is 77.3 Å². The maximum absolute atomic E-state index is 11.2. The Balaban J connectivity index is 1.81. The Morgan fingerprint density at radius 1 is 1.00 bits per heavy atom. The van der Waals surface area contributed by atoms with Crippen LogP contribution in [0.2, 0.25) is 0 Å². The Labute approximate surface area is 148 Å². The van der Waals surface area contributed by atoms with Crippen molar-refractivity contribution in [1.29, 1.82) is 0 Å². The average molecular weight is 344 g/mol. The summed E-state index contributed by atoms with van der Waals surface area (Å²) in [5, 5.41) is 14.2. The van der Waals surface area contributed by atoms with Crippen molar-refractivity contribution >= 4 is 49.9 Å². The molecule has 25 heavy (non-hydrogen) atoms. The van der Waals surface area contributed by atoms with E-state index >= 15 is 0 Å². The van der Waals surface area contributed by atoms with Gasteiger partial charge in [-0.2, -0.15) is 0 Å². The zero-order chi connectivity index (χ0) is 17.2. The molecule has 0 atom stereocenters. The van der Waals surface area contributed by atoms with Crippen molar-refractivity contribution in [1.82, 2.24) is 4.98 Å². The number of carbonyl (C=O) groups is 1. The fourth-order valence-electron chi connectivity index (χ4n) is 2.85. The van der Waals surface area contributed by atoms with Crippen LogP contribution in [0.3, 0.4) is 0 Å².